The number of carbonyl (C=O) groups is 1. The molecule has 0 aromatic rings. The third kappa shape index (κ3) is 1.61. The van der Waals surface area contributed by atoms with Crippen LogP contribution in [-0.2, 0) is 9.53 Å². The van der Waals surface area contributed by atoms with Gasteiger partial charge >= 0.3 is 5.97 Å². The van der Waals surface area contributed by atoms with E-state index < -0.39 is 0 Å². The maximum Gasteiger partial charge on any atom is 0.307 e. The lowest BCUT2D eigenvalue weighted by molar-refractivity contribution is -0.164. The maximum atomic E-state index is 11.0. The van der Waals surface area contributed by atoms with Gasteiger partial charge in [0, 0.05) is 19.5 Å². The van der Waals surface area contributed by atoms with E-state index in [0.717, 1.165) is 25.9 Å². The molecule has 3 heteroatoms. The quantitative estimate of drug-likeness (QED) is 0.551. The lowest BCUT2D eigenvalue weighted by Crippen LogP contribution is -2.39. The van der Waals surface area contributed by atoms with Gasteiger partial charge in [-0.3, -0.25) is 9.69 Å². The van der Waals surface area contributed by atoms with E-state index in [-0.39, 0.29) is 12.2 Å². The molecule has 68 valence electrons. The van der Waals surface area contributed by atoms with Gasteiger partial charge in [-0.05, 0) is 25.7 Å². The van der Waals surface area contributed by atoms with Gasteiger partial charge in [-0.2, -0.15) is 0 Å². The summed E-state index contributed by atoms with van der Waals surface area (Å²) < 4.78 is 5.26. The minimum atomic E-state index is -0.0156. The van der Waals surface area contributed by atoms with Gasteiger partial charge in [0.2, 0.25) is 0 Å². The van der Waals surface area contributed by atoms with Crippen molar-refractivity contribution in [2.24, 2.45) is 0 Å². The second-order valence-electron chi connectivity index (χ2n) is 3.58. The molecule has 1 atom stereocenters. The van der Waals surface area contributed by atoms with Gasteiger partial charge in [-0.1, -0.05) is 0 Å². The second-order valence-corrected chi connectivity index (χ2v) is 3.58. The van der Waals surface area contributed by atoms with Gasteiger partial charge in [0.25, 0.3) is 0 Å². The number of cyclic esters (lactones) is 1. The van der Waals surface area contributed by atoms with Crippen molar-refractivity contribution in [2.75, 3.05) is 13.1 Å². The number of ether oxygens (including phenoxy) is 1. The summed E-state index contributed by atoms with van der Waals surface area (Å²) in [6, 6.07) is 0. The fourth-order valence-electron chi connectivity index (χ4n) is 1.98. The van der Waals surface area contributed by atoms with E-state index in [0.29, 0.717) is 6.42 Å². The zero-order valence-corrected chi connectivity index (χ0v) is 7.29. The van der Waals surface area contributed by atoms with Crippen LogP contribution in [0.15, 0.2) is 0 Å². The van der Waals surface area contributed by atoms with Crippen LogP contribution in [0.5, 0.6) is 0 Å². The molecular formula is C9H15NO2. The van der Waals surface area contributed by atoms with Crippen LogP contribution in [0.2, 0.25) is 0 Å². The predicted molar refractivity (Wildman–Crippen MR) is 44.5 cm³/mol. The summed E-state index contributed by atoms with van der Waals surface area (Å²) >= 11 is 0. The van der Waals surface area contributed by atoms with E-state index in [1.54, 1.807) is 0 Å². The van der Waals surface area contributed by atoms with E-state index in [1.165, 1.54) is 12.8 Å². The molecule has 3 nitrogen and oxygen atoms in total. The summed E-state index contributed by atoms with van der Waals surface area (Å²) in [6.07, 6.45) is 5.27. The van der Waals surface area contributed by atoms with Crippen molar-refractivity contribution in [3.05, 3.63) is 0 Å². The highest BCUT2D eigenvalue weighted by molar-refractivity contribution is 5.70. The maximum absolute atomic E-state index is 11.0. The van der Waals surface area contributed by atoms with Crippen LogP contribution in [-0.4, -0.2) is 30.2 Å². The van der Waals surface area contributed by atoms with Crippen molar-refractivity contribution < 1.29 is 9.53 Å². The predicted octanol–water partition coefficient (Wildman–Crippen LogP) is 1.14. The lowest BCUT2D eigenvalue weighted by atomic mass is 10.1. The van der Waals surface area contributed by atoms with E-state index in [1.807, 2.05) is 0 Å². The van der Waals surface area contributed by atoms with E-state index >= 15 is 0 Å². The Kier molecular flexibility index (Phi) is 2.30. The number of hydrogen-bond acceptors (Lipinski definition) is 3. The molecule has 2 aliphatic heterocycles. The standard InChI is InChI=1S/C9H15NO2/c11-9-5-3-4-8(12-9)10-6-1-2-7-10/h8H,1-7H2. The Labute approximate surface area is 72.7 Å². The summed E-state index contributed by atoms with van der Waals surface area (Å²) in [5.74, 6) is -0.0156. The zero-order valence-electron chi connectivity index (χ0n) is 7.29. The number of esters is 1. The SMILES string of the molecule is O=C1CCCC(N2CCCC2)O1. The summed E-state index contributed by atoms with van der Waals surface area (Å²) in [7, 11) is 0. The number of rotatable bonds is 1. The first-order valence-corrected chi connectivity index (χ1v) is 4.80. The molecule has 0 bridgehead atoms. The van der Waals surface area contributed by atoms with Crippen LogP contribution in [0.4, 0.5) is 0 Å². The Morgan fingerprint density at radius 3 is 2.67 bits per heavy atom. The van der Waals surface area contributed by atoms with Crippen molar-refractivity contribution in [3.63, 3.8) is 0 Å². The first kappa shape index (κ1) is 8.05. The molecular weight excluding hydrogens is 154 g/mol. The van der Waals surface area contributed by atoms with Crippen LogP contribution in [0.3, 0.4) is 0 Å². The number of carbonyl (C=O) groups excluding carboxylic acids is 1. The molecule has 0 saturated carbocycles. The molecule has 2 rings (SSSR count). The van der Waals surface area contributed by atoms with Crippen LogP contribution in [0.25, 0.3) is 0 Å². The molecule has 2 fully saturated rings. The normalized spacial score (nSPS) is 32.0. The Bertz CT molecular complexity index is 175. The highest BCUT2D eigenvalue weighted by Gasteiger charge is 2.27. The van der Waals surface area contributed by atoms with Crippen LogP contribution in [0, 0.1) is 0 Å². The van der Waals surface area contributed by atoms with E-state index in [2.05, 4.69) is 4.90 Å². The summed E-state index contributed by atoms with van der Waals surface area (Å²) in [6.45, 7) is 2.22. The lowest BCUT2D eigenvalue weighted by Gasteiger charge is -2.29. The first-order chi connectivity index (χ1) is 5.86. The molecule has 1 unspecified atom stereocenters. The third-order valence-electron chi connectivity index (χ3n) is 2.65. The van der Waals surface area contributed by atoms with Crippen molar-refractivity contribution in [3.8, 4) is 0 Å². The highest BCUT2D eigenvalue weighted by Crippen LogP contribution is 2.21. The monoisotopic (exact) mass is 169 g/mol. The Morgan fingerprint density at radius 1 is 1.25 bits per heavy atom. The largest absolute Gasteiger partial charge is 0.446 e. The number of likely N-dealkylation sites (tertiary alicyclic amines) is 1. The smallest absolute Gasteiger partial charge is 0.307 e. The zero-order chi connectivity index (χ0) is 8.39. The molecule has 0 amide bonds. The molecule has 2 saturated heterocycles. The summed E-state index contributed by atoms with van der Waals surface area (Å²) in [4.78, 5) is 13.3. The Hall–Kier alpha value is -0.570. The Morgan fingerprint density at radius 2 is 2.00 bits per heavy atom. The van der Waals surface area contributed by atoms with Crippen LogP contribution < -0.4 is 0 Å². The van der Waals surface area contributed by atoms with Crippen molar-refractivity contribution in [2.45, 2.75) is 38.3 Å². The van der Waals surface area contributed by atoms with Gasteiger partial charge in [0.15, 0.2) is 6.23 Å². The molecule has 2 heterocycles. The molecule has 0 aliphatic carbocycles. The van der Waals surface area contributed by atoms with Crippen molar-refractivity contribution in [1.29, 1.82) is 0 Å². The van der Waals surface area contributed by atoms with Crippen molar-refractivity contribution in [1.82, 2.24) is 4.90 Å². The molecule has 0 aromatic heterocycles. The highest BCUT2D eigenvalue weighted by atomic mass is 16.6. The van der Waals surface area contributed by atoms with E-state index in [4.69, 9.17) is 4.74 Å². The van der Waals surface area contributed by atoms with Crippen LogP contribution >= 0.6 is 0 Å². The fraction of sp³-hybridized carbons (Fsp3) is 0.889. The number of nitrogens with zero attached hydrogens (tertiary/aromatic N) is 1. The average molecular weight is 169 g/mol. The molecule has 0 radical (unpaired) electrons. The molecule has 0 N–H and O–H groups in total. The minimum Gasteiger partial charge on any atom is -0.446 e. The average Bonchev–Trinajstić information content (AvgIpc) is 2.56. The number of hydrogen-bond donors (Lipinski definition) is 0. The van der Waals surface area contributed by atoms with Gasteiger partial charge in [-0.15, -0.1) is 0 Å². The fourth-order valence-corrected chi connectivity index (χ4v) is 1.98. The van der Waals surface area contributed by atoms with Crippen LogP contribution in [0.1, 0.15) is 32.1 Å². The Balaban J connectivity index is 1.89. The summed E-state index contributed by atoms with van der Waals surface area (Å²) in [5, 5.41) is 0. The van der Waals surface area contributed by atoms with Gasteiger partial charge in [0.1, 0.15) is 0 Å². The van der Waals surface area contributed by atoms with E-state index in [9.17, 15) is 4.79 Å². The van der Waals surface area contributed by atoms with Gasteiger partial charge in [-0.25, -0.2) is 0 Å². The first-order valence-electron chi connectivity index (χ1n) is 4.80. The van der Waals surface area contributed by atoms with Gasteiger partial charge < -0.3 is 4.74 Å². The van der Waals surface area contributed by atoms with Gasteiger partial charge in [0.05, 0.1) is 0 Å². The molecule has 2 aliphatic rings. The molecule has 0 spiro atoms. The molecule has 12 heavy (non-hydrogen) atoms. The third-order valence-corrected chi connectivity index (χ3v) is 2.65. The van der Waals surface area contributed by atoms with Crippen molar-refractivity contribution >= 4 is 5.97 Å². The molecule has 0 aromatic carbocycles. The second kappa shape index (κ2) is 3.44. The topological polar surface area (TPSA) is 29.5 Å². The summed E-state index contributed by atoms with van der Waals surface area (Å²) in [5.41, 5.74) is 0. The minimum absolute atomic E-state index is 0.0156.